The first kappa shape index (κ1) is 8.30. The van der Waals surface area contributed by atoms with Gasteiger partial charge in [-0.3, -0.25) is 0 Å². The third-order valence-electron chi connectivity index (χ3n) is 2.30. The van der Waals surface area contributed by atoms with E-state index in [-0.39, 0.29) is 0 Å². The number of aryl methyl sites for hydroxylation is 1. The topological polar surface area (TPSA) is 17.3 Å². The highest BCUT2D eigenvalue weighted by molar-refractivity contribution is 5.43. The fourth-order valence-electron chi connectivity index (χ4n) is 1.83. The molecule has 2 aromatic rings. The maximum absolute atomic E-state index is 4.50. The van der Waals surface area contributed by atoms with E-state index in [2.05, 4.69) is 36.4 Å². The predicted octanol–water partition coefficient (Wildman–Crippen LogP) is 2.77. The first-order valence-corrected chi connectivity index (χ1v) is 4.63. The predicted molar refractivity (Wildman–Crippen MR) is 54.0 cm³/mol. The summed E-state index contributed by atoms with van der Waals surface area (Å²) in [7, 11) is 0. The van der Waals surface area contributed by atoms with Gasteiger partial charge in [-0.2, -0.15) is 0 Å². The summed E-state index contributed by atoms with van der Waals surface area (Å²) >= 11 is 0. The van der Waals surface area contributed by atoms with Crippen molar-refractivity contribution in [1.82, 2.24) is 9.38 Å². The minimum absolute atomic E-state index is 0.525. The molecule has 0 unspecified atom stereocenters. The number of aromatic nitrogens is 2. The number of pyridine rings is 1. The van der Waals surface area contributed by atoms with Crippen LogP contribution in [0.2, 0.25) is 0 Å². The lowest BCUT2D eigenvalue weighted by Crippen LogP contribution is -1.95. The van der Waals surface area contributed by atoms with Crippen molar-refractivity contribution in [1.29, 1.82) is 0 Å². The normalized spacial score (nSPS) is 11.4. The van der Waals surface area contributed by atoms with E-state index >= 15 is 0 Å². The summed E-state index contributed by atoms with van der Waals surface area (Å²) < 4.78 is 2.17. The molecular formula is C11H14N2. The molecule has 0 atom stereocenters. The standard InChI is InChI=1S/C11H14N2/c1-8(2)11-9(3)12-10-6-4-5-7-13(10)11/h4-8H,1-3H3. The van der Waals surface area contributed by atoms with Crippen LogP contribution in [-0.2, 0) is 0 Å². The van der Waals surface area contributed by atoms with Crippen molar-refractivity contribution in [2.75, 3.05) is 0 Å². The Morgan fingerprint density at radius 1 is 1.31 bits per heavy atom. The van der Waals surface area contributed by atoms with E-state index in [4.69, 9.17) is 0 Å². The Morgan fingerprint density at radius 3 is 2.77 bits per heavy atom. The van der Waals surface area contributed by atoms with Crippen LogP contribution in [0, 0.1) is 6.92 Å². The average Bonchev–Trinajstić information content (AvgIpc) is 2.39. The molecule has 0 saturated heterocycles. The molecule has 2 rings (SSSR count). The molecule has 0 aliphatic carbocycles. The zero-order chi connectivity index (χ0) is 9.42. The first-order valence-electron chi connectivity index (χ1n) is 4.63. The quantitative estimate of drug-likeness (QED) is 0.649. The number of rotatable bonds is 1. The van der Waals surface area contributed by atoms with Crippen LogP contribution in [0.4, 0.5) is 0 Å². The maximum Gasteiger partial charge on any atom is 0.137 e. The monoisotopic (exact) mass is 174 g/mol. The zero-order valence-corrected chi connectivity index (χ0v) is 8.28. The van der Waals surface area contributed by atoms with Gasteiger partial charge in [0.05, 0.1) is 5.69 Å². The Morgan fingerprint density at radius 2 is 2.08 bits per heavy atom. The molecule has 2 heteroatoms. The Bertz CT molecular complexity index is 427. The Kier molecular flexibility index (Phi) is 1.83. The molecule has 0 fully saturated rings. The average molecular weight is 174 g/mol. The van der Waals surface area contributed by atoms with Gasteiger partial charge in [-0.15, -0.1) is 0 Å². The van der Waals surface area contributed by atoms with E-state index in [0.29, 0.717) is 5.92 Å². The largest absolute Gasteiger partial charge is 0.304 e. The Labute approximate surface area is 78.2 Å². The van der Waals surface area contributed by atoms with E-state index in [1.54, 1.807) is 0 Å². The number of hydrogen-bond acceptors (Lipinski definition) is 1. The molecule has 0 amide bonds. The second-order valence-electron chi connectivity index (χ2n) is 3.67. The Hall–Kier alpha value is -1.31. The van der Waals surface area contributed by atoms with Gasteiger partial charge in [-0.25, -0.2) is 4.98 Å². The minimum Gasteiger partial charge on any atom is -0.304 e. The highest BCUT2D eigenvalue weighted by Gasteiger charge is 2.10. The van der Waals surface area contributed by atoms with E-state index in [9.17, 15) is 0 Å². The van der Waals surface area contributed by atoms with Crippen LogP contribution in [0.5, 0.6) is 0 Å². The second kappa shape index (κ2) is 2.87. The smallest absolute Gasteiger partial charge is 0.137 e. The lowest BCUT2D eigenvalue weighted by Gasteiger charge is -2.05. The van der Waals surface area contributed by atoms with Crippen LogP contribution < -0.4 is 0 Å². The molecule has 2 heterocycles. The van der Waals surface area contributed by atoms with Crippen LogP contribution in [0.3, 0.4) is 0 Å². The maximum atomic E-state index is 4.50. The van der Waals surface area contributed by atoms with Crippen LogP contribution >= 0.6 is 0 Å². The van der Waals surface area contributed by atoms with E-state index in [1.807, 2.05) is 18.2 Å². The third-order valence-corrected chi connectivity index (χ3v) is 2.30. The molecule has 2 aromatic heterocycles. The van der Waals surface area contributed by atoms with E-state index < -0.39 is 0 Å². The van der Waals surface area contributed by atoms with Gasteiger partial charge in [0.1, 0.15) is 5.65 Å². The molecule has 0 bridgehead atoms. The highest BCUT2D eigenvalue weighted by atomic mass is 15.0. The molecule has 0 radical (unpaired) electrons. The van der Waals surface area contributed by atoms with Crippen molar-refractivity contribution in [3.05, 3.63) is 35.8 Å². The van der Waals surface area contributed by atoms with Crippen LogP contribution in [-0.4, -0.2) is 9.38 Å². The van der Waals surface area contributed by atoms with Gasteiger partial charge >= 0.3 is 0 Å². The van der Waals surface area contributed by atoms with Gasteiger partial charge < -0.3 is 4.40 Å². The SMILES string of the molecule is Cc1nc2ccccn2c1C(C)C. The number of fused-ring (bicyclic) bond motifs is 1. The molecule has 68 valence electrons. The molecule has 0 spiro atoms. The first-order chi connectivity index (χ1) is 6.20. The number of hydrogen-bond donors (Lipinski definition) is 0. The molecule has 0 aliphatic rings. The van der Waals surface area contributed by atoms with Gasteiger partial charge in [-0.1, -0.05) is 19.9 Å². The fraction of sp³-hybridized carbons (Fsp3) is 0.364. The summed E-state index contributed by atoms with van der Waals surface area (Å²) in [6.45, 7) is 6.47. The molecular weight excluding hydrogens is 160 g/mol. The molecule has 0 aromatic carbocycles. The molecule has 0 aliphatic heterocycles. The summed E-state index contributed by atoms with van der Waals surface area (Å²) in [5.41, 5.74) is 3.50. The minimum atomic E-state index is 0.525. The van der Waals surface area contributed by atoms with Crippen molar-refractivity contribution < 1.29 is 0 Å². The summed E-state index contributed by atoms with van der Waals surface area (Å²) in [6.07, 6.45) is 2.07. The van der Waals surface area contributed by atoms with Gasteiger partial charge in [0.2, 0.25) is 0 Å². The van der Waals surface area contributed by atoms with E-state index in [0.717, 1.165) is 11.3 Å². The van der Waals surface area contributed by atoms with Crippen LogP contribution in [0.15, 0.2) is 24.4 Å². The lowest BCUT2D eigenvalue weighted by atomic mass is 10.1. The molecule has 0 N–H and O–H groups in total. The van der Waals surface area contributed by atoms with Crippen LogP contribution in [0.25, 0.3) is 5.65 Å². The highest BCUT2D eigenvalue weighted by Crippen LogP contribution is 2.19. The third kappa shape index (κ3) is 1.22. The zero-order valence-electron chi connectivity index (χ0n) is 8.28. The van der Waals surface area contributed by atoms with Gasteiger partial charge in [-0.05, 0) is 25.0 Å². The number of nitrogens with zero attached hydrogens (tertiary/aromatic N) is 2. The lowest BCUT2D eigenvalue weighted by molar-refractivity contribution is 0.799. The summed E-state index contributed by atoms with van der Waals surface area (Å²) in [6, 6.07) is 6.10. The summed E-state index contributed by atoms with van der Waals surface area (Å²) in [5.74, 6) is 0.525. The second-order valence-corrected chi connectivity index (χ2v) is 3.67. The number of imidazole rings is 1. The molecule has 0 saturated carbocycles. The summed E-state index contributed by atoms with van der Waals surface area (Å²) in [4.78, 5) is 4.50. The Balaban J connectivity index is 2.78. The van der Waals surface area contributed by atoms with Crippen molar-refractivity contribution in [3.63, 3.8) is 0 Å². The van der Waals surface area contributed by atoms with E-state index in [1.165, 1.54) is 5.69 Å². The van der Waals surface area contributed by atoms with Crippen molar-refractivity contribution in [2.45, 2.75) is 26.7 Å². The van der Waals surface area contributed by atoms with Crippen molar-refractivity contribution >= 4 is 5.65 Å². The van der Waals surface area contributed by atoms with Crippen molar-refractivity contribution in [3.8, 4) is 0 Å². The fourth-order valence-corrected chi connectivity index (χ4v) is 1.83. The molecule has 13 heavy (non-hydrogen) atoms. The van der Waals surface area contributed by atoms with Gasteiger partial charge in [0, 0.05) is 11.9 Å². The summed E-state index contributed by atoms with van der Waals surface area (Å²) in [5, 5.41) is 0. The van der Waals surface area contributed by atoms with Crippen molar-refractivity contribution in [2.24, 2.45) is 0 Å². The van der Waals surface area contributed by atoms with Gasteiger partial charge in [0.15, 0.2) is 0 Å². The van der Waals surface area contributed by atoms with Gasteiger partial charge in [0.25, 0.3) is 0 Å². The van der Waals surface area contributed by atoms with Crippen LogP contribution in [0.1, 0.15) is 31.2 Å². The molecule has 2 nitrogen and oxygen atoms in total.